The zero-order valence-corrected chi connectivity index (χ0v) is 13.3. The molecule has 0 saturated heterocycles. The number of hydrogen-bond acceptors (Lipinski definition) is 3. The second-order valence-electron chi connectivity index (χ2n) is 6.05. The molecule has 2 aromatic rings. The minimum atomic E-state index is -0.615. The summed E-state index contributed by atoms with van der Waals surface area (Å²) < 4.78 is 0. The number of aliphatic hydroxyl groups excluding tert-OH is 1. The van der Waals surface area contributed by atoms with Crippen LogP contribution in [0.15, 0.2) is 48.5 Å². The van der Waals surface area contributed by atoms with Crippen LogP contribution in [-0.4, -0.2) is 29.7 Å². The second-order valence-corrected chi connectivity index (χ2v) is 6.05. The van der Waals surface area contributed by atoms with Crippen molar-refractivity contribution in [3.8, 4) is 0 Å². The van der Waals surface area contributed by atoms with Crippen molar-refractivity contribution in [1.29, 1.82) is 0 Å². The summed E-state index contributed by atoms with van der Waals surface area (Å²) in [4.78, 5) is 12.2. The minimum absolute atomic E-state index is 0.0397. The average molecular weight is 310 g/mol. The van der Waals surface area contributed by atoms with Crippen molar-refractivity contribution in [2.75, 3.05) is 6.54 Å². The molecule has 0 saturated carbocycles. The van der Waals surface area contributed by atoms with Crippen molar-refractivity contribution in [3.05, 3.63) is 70.8 Å². The van der Waals surface area contributed by atoms with Crippen LogP contribution in [-0.2, 0) is 13.0 Å². The van der Waals surface area contributed by atoms with Gasteiger partial charge in [0.2, 0.25) is 0 Å². The maximum atomic E-state index is 12.2. The first-order valence-electron chi connectivity index (χ1n) is 7.97. The molecule has 3 rings (SSSR count). The number of fused-ring (bicyclic) bond motifs is 1. The third-order valence-corrected chi connectivity index (χ3v) is 4.44. The number of amides is 1. The maximum Gasteiger partial charge on any atom is 0.251 e. The number of aryl methyl sites for hydroxylation is 1. The molecule has 0 bridgehead atoms. The Balaban J connectivity index is 1.57. The maximum absolute atomic E-state index is 12.2. The van der Waals surface area contributed by atoms with E-state index in [-0.39, 0.29) is 18.5 Å². The number of rotatable bonds is 4. The number of carbonyl (C=O) groups excluding carboxylic acids is 1. The van der Waals surface area contributed by atoms with Gasteiger partial charge in [-0.1, -0.05) is 42.5 Å². The zero-order valence-electron chi connectivity index (χ0n) is 13.3. The summed E-state index contributed by atoms with van der Waals surface area (Å²) in [5, 5.41) is 16.6. The van der Waals surface area contributed by atoms with Crippen molar-refractivity contribution in [1.82, 2.24) is 10.6 Å². The molecule has 1 aliphatic rings. The molecule has 3 N–H and O–H groups in total. The molecule has 2 unspecified atom stereocenters. The van der Waals surface area contributed by atoms with Crippen molar-refractivity contribution < 1.29 is 9.90 Å². The number of nitrogens with one attached hydrogen (secondary N) is 2. The Bertz CT molecular complexity index is 699. The fourth-order valence-electron chi connectivity index (χ4n) is 3.01. The normalized spacial score (nSPS) is 18.1. The Labute approximate surface area is 136 Å². The Morgan fingerprint density at radius 3 is 2.70 bits per heavy atom. The van der Waals surface area contributed by atoms with Gasteiger partial charge in [-0.25, -0.2) is 0 Å². The highest BCUT2D eigenvalue weighted by atomic mass is 16.3. The van der Waals surface area contributed by atoms with Crippen molar-refractivity contribution in [2.24, 2.45) is 0 Å². The third kappa shape index (κ3) is 3.60. The van der Waals surface area contributed by atoms with Gasteiger partial charge in [0.05, 0.1) is 6.10 Å². The van der Waals surface area contributed by atoms with E-state index in [4.69, 9.17) is 0 Å². The van der Waals surface area contributed by atoms with Crippen LogP contribution in [0.5, 0.6) is 0 Å². The highest BCUT2D eigenvalue weighted by Gasteiger charge is 2.24. The van der Waals surface area contributed by atoms with E-state index >= 15 is 0 Å². The molecule has 1 amide bonds. The summed E-state index contributed by atoms with van der Waals surface area (Å²) >= 11 is 0. The van der Waals surface area contributed by atoms with Crippen LogP contribution in [0.3, 0.4) is 0 Å². The fourth-order valence-corrected chi connectivity index (χ4v) is 3.01. The predicted molar refractivity (Wildman–Crippen MR) is 90.3 cm³/mol. The van der Waals surface area contributed by atoms with Gasteiger partial charge in [0.1, 0.15) is 0 Å². The Morgan fingerprint density at radius 2 is 1.91 bits per heavy atom. The van der Waals surface area contributed by atoms with Crippen LogP contribution in [0.1, 0.15) is 27.0 Å². The highest BCUT2D eigenvalue weighted by Crippen LogP contribution is 2.17. The molecular weight excluding hydrogens is 288 g/mol. The zero-order chi connectivity index (χ0) is 16.2. The smallest absolute Gasteiger partial charge is 0.251 e. The lowest BCUT2D eigenvalue weighted by molar-refractivity contribution is 0.0869. The number of hydrogen-bond donors (Lipinski definition) is 3. The molecule has 1 aliphatic heterocycles. The minimum Gasteiger partial charge on any atom is -0.390 e. The van der Waals surface area contributed by atoms with E-state index in [1.807, 2.05) is 37.3 Å². The molecule has 2 atom stereocenters. The summed E-state index contributed by atoms with van der Waals surface area (Å²) in [5.41, 5.74) is 4.13. The van der Waals surface area contributed by atoms with Crippen LogP contribution in [0, 0.1) is 6.92 Å². The Kier molecular flexibility index (Phi) is 4.74. The van der Waals surface area contributed by atoms with Gasteiger partial charge < -0.3 is 15.7 Å². The summed E-state index contributed by atoms with van der Waals surface area (Å²) in [6, 6.07) is 15.7. The van der Waals surface area contributed by atoms with Crippen LogP contribution in [0.2, 0.25) is 0 Å². The van der Waals surface area contributed by atoms with Gasteiger partial charge >= 0.3 is 0 Å². The van der Waals surface area contributed by atoms with E-state index < -0.39 is 6.10 Å². The van der Waals surface area contributed by atoms with Gasteiger partial charge in [0, 0.05) is 24.7 Å². The van der Waals surface area contributed by atoms with Crippen molar-refractivity contribution in [2.45, 2.75) is 32.0 Å². The van der Waals surface area contributed by atoms with E-state index in [1.165, 1.54) is 11.1 Å². The second kappa shape index (κ2) is 6.94. The lowest BCUT2D eigenvalue weighted by atomic mass is 9.93. The number of carbonyl (C=O) groups is 1. The van der Waals surface area contributed by atoms with E-state index in [9.17, 15) is 9.90 Å². The summed E-state index contributed by atoms with van der Waals surface area (Å²) in [5.74, 6) is -0.140. The molecule has 120 valence electrons. The van der Waals surface area contributed by atoms with Crippen molar-refractivity contribution in [3.63, 3.8) is 0 Å². The molecule has 1 heterocycles. The number of aliphatic hydroxyl groups is 1. The fraction of sp³-hybridized carbons (Fsp3) is 0.316. The van der Waals surface area contributed by atoms with E-state index in [0.717, 1.165) is 18.5 Å². The third-order valence-electron chi connectivity index (χ3n) is 4.44. The summed E-state index contributed by atoms with van der Waals surface area (Å²) in [6.45, 7) is 2.90. The van der Waals surface area contributed by atoms with E-state index in [0.29, 0.717) is 5.56 Å². The van der Waals surface area contributed by atoms with Crippen LogP contribution >= 0.6 is 0 Å². The molecular formula is C19H22N2O2. The van der Waals surface area contributed by atoms with Crippen LogP contribution < -0.4 is 10.6 Å². The first kappa shape index (κ1) is 15.7. The molecule has 0 fully saturated rings. The predicted octanol–water partition coefficient (Wildman–Crippen LogP) is 1.80. The SMILES string of the molecule is Cc1ccccc1C(=O)NCC(O)C1Cc2ccccc2CN1. The van der Waals surface area contributed by atoms with Crippen molar-refractivity contribution >= 4 is 5.91 Å². The van der Waals surface area contributed by atoms with Gasteiger partial charge in [0.25, 0.3) is 5.91 Å². The van der Waals surface area contributed by atoms with Gasteiger partial charge in [-0.15, -0.1) is 0 Å². The van der Waals surface area contributed by atoms with Crippen LogP contribution in [0.4, 0.5) is 0 Å². The molecule has 23 heavy (non-hydrogen) atoms. The van der Waals surface area contributed by atoms with E-state index in [1.54, 1.807) is 6.07 Å². The molecule has 4 nitrogen and oxygen atoms in total. The molecule has 4 heteroatoms. The van der Waals surface area contributed by atoms with Crippen LogP contribution in [0.25, 0.3) is 0 Å². The van der Waals surface area contributed by atoms with Gasteiger partial charge in [0.15, 0.2) is 0 Å². The lowest BCUT2D eigenvalue weighted by Gasteiger charge is -2.30. The molecule has 0 radical (unpaired) electrons. The van der Waals surface area contributed by atoms with Gasteiger partial charge in [-0.05, 0) is 36.1 Å². The average Bonchev–Trinajstić information content (AvgIpc) is 2.59. The monoisotopic (exact) mass is 310 g/mol. The quantitative estimate of drug-likeness (QED) is 0.807. The summed E-state index contributed by atoms with van der Waals surface area (Å²) in [7, 11) is 0. The first-order chi connectivity index (χ1) is 11.1. The molecule has 0 aromatic heterocycles. The Morgan fingerprint density at radius 1 is 1.22 bits per heavy atom. The molecule has 2 aromatic carbocycles. The summed E-state index contributed by atoms with van der Waals surface area (Å²) in [6.07, 6.45) is 0.161. The molecule has 0 spiro atoms. The first-order valence-corrected chi connectivity index (χ1v) is 7.97. The largest absolute Gasteiger partial charge is 0.390 e. The standard InChI is InChI=1S/C19H22N2O2/c1-13-6-2-5-9-16(13)19(23)21-12-18(22)17-10-14-7-3-4-8-15(14)11-20-17/h2-9,17-18,20,22H,10-12H2,1H3,(H,21,23). The molecule has 0 aliphatic carbocycles. The Hall–Kier alpha value is -2.17. The van der Waals surface area contributed by atoms with E-state index in [2.05, 4.69) is 22.8 Å². The van der Waals surface area contributed by atoms with Gasteiger partial charge in [-0.3, -0.25) is 4.79 Å². The topological polar surface area (TPSA) is 61.4 Å². The number of benzene rings is 2. The van der Waals surface area contributed by atoms with Gasteiger partial charge in [-0.2, -0.15) is 0 Å². The lowest BCUT2D eigenvalue weighted by Crippen LogP contribution is -2.49. The highest BCUT2D eigenvalue weighted by molar-refractivity contribution is 5.95.